The summed E-state index contributed by atoms with van der Waals surface area (Å²) in [5, 5.41) is 3.26. The lowest BCUT2D eigenvalue weighted by atomic mass is 10.2. The molecule has 3 rings (SSSR count). The van der Waals surface area contributed by atoms with Crippen molar-refractivity contribution in [3.05, 3.63) is 18.2 Å². The molecule has 0 saturated carbocycles. The van der Waals surface area contributed by atoms with Crippen LogP contribution in [0.1, 0.15) is 12.8 Å². The molecule has 1 aromatic heterocycles. The SMILES string of the molecule is Nc1ccc2oc(NC3CCS(=O)CC3)nc2c1. The van der Waals surface area contributed by atoms with Gasteiger partial charge >= 0.3 is 0 Å². The maximum atomic E-state index is 11.3. The van der Waals surface area contributed by atoms with E-state index in [2.05, 4.69) is 10.3 Å². The van der Waals surface area contributed by atoms with E-state index < -0.39 is 10.8 Å². The average molecular weight is 265 g/mol. The highest BCUT2D eigenvalue weighted by atomic mass is 32.2. The van der Waals surface area contributed by atoms with Gasteiger partial charge in [0.1, 0.15) is 5.52 Å². The first-order valence-electron chi connectivity index (χ1n) is 5.98. The summed E-state index contributed by atoms with van der Waals surface area (Å²) in [4.78, 5) is 4.35. The van der Waals surface area contributed by atoms with Crippen molar-refractivity contribution in [2.24, 2.45) is 0 Å². The van der Waals surface area contributed by atoms with Crippen LogP contribution in [0.25, 0.3) is 11.1 Å². The summed E-state index contributed by atoms with van der Waals surface area (Å²) in [6.07, 6.45) is 1.79. The quantitative estimate of drug-likeness (QED) is 0.808. The number of nitrogens with zero attached hydrogens (tertiary/aromatic N) is 1. The molecule has 1 fully saturated rings. The van der Waals surface area contributed by atoms with Gasteiger partial charge in [-0.3, -0.25) is 4.21 Å². The molecule has 1 saturated heterocycles. The standard InChI is InChI=1S/C12H15N3O2S/c13-8-1-2-11-10(7-8)15-12(17-11)14-9-3-5-18(16)6-4-9/h1-2,7,9H,3-6,13H2,(H,14,15). The number of rotatable bonds is 2. The Labute approximate surface area is 107 Å². The first-order chi connectivity index (χ1) is 8.70. The van der Waals surface area contributed by atoms with Crippen molar-refractivity contribution in [1.82, 2.24) is 4.98 Å². The van der Waals surface area contributed by atoms with E-state index in [0.717, 1.165) is 35.4 Å². The monoisotopic (exact) mass is 265 g/mol. The summed E-state index contributed by atoms with van der Waals surface area (Å²) in [6.45, 7) is 0. The lowest BCUT2D eigenvalue weighted by Gasteiger charge is -2.21. The zero-order chi connectivity index (χ0) is 12.5. The molecule has 0 spiro atoms. The molecule has 1 aliphatic rings. The number of fused-ring (bicyclic) bond motifs is 1. The Kier molecular flexibility index (Phi) is 2.95. The Morgan fingerprint density at radius 2 is 2.17 bits per heavy atom. The second-order valence-electron chi connectivity index (χ2n) is 4.51. The van der Waals surface area contributed by atoms with Gasteiger partial charge in [0.25, 0.3) is 6.01 Å². The highest BCUT2D eigenvalue weighted by Gasteiger charge is 2.19. The van der Waals surface area contributed by atoms with E-state index in [4.69, 9.17) is 10.2 Å². The predicted octanol–water partition coefficient (Wildman–Crippen LogP) is 1.73. The van der Waals surface area contributed by atoms with Gasteiger partial charge in [-0.05, 0) is 31.0 Å². The van der Waals surface area contributed by atoms with Gasteiger partial charge in [0.2, 0.25) is 0 Å². The number of nitrogens with two attached hydrogens (primary N) is 1. The Hall–Kier alpha value is -1.56. The molecule has 0 radical (unpaired) electrons. The molecule has 18 heavy (non-hydrogen) atoms. The Morgan fingerprint density at radius 3 is 2.94 bits per heavy atom. The number of nitrogen functional groups attached to an aromatic ring is 1. The fourth-order valence-electron chi connectivity index (χ4n) is 2.12. The lowest BCUT2D eigenvalue weighted by Crippen LogP contribution is -2.29. The first kappa shape index (κ1) is 11.5. The number of hydrogen-bond donors (Lipinski definition) is 2. The number of anilines is 2. The largest absolute Gasteiger partial charge is 0.424 e. The highest BCUT2D eigenvalue weighted by Crippen LogP contribution is 2.23. The van der Waals surface area contributed by atoms with Crippen molar-refractivity contribution < 1.29 is 8.63 Å². The number of nitrogens with one attached hydrogen (secondary N) is 1. The second-order valence-corrected chi connectivity index (χ2v) is 6.21. The predicted molar refractivity (Wildman–Crippen MR) is 72.9 cm³/mol. The van der Waals surface area contributed by atoms with Crippen LogP contribution in [0.2, 0.25) is 0 Å². The molecule has 5 nitrogen and oxygen atoms in total. The van der Waals surface area contributed by atoms with Crippen molar-refractivity contribution in [2.75, 3.05) is 22.6 Å². The molecule has 0 aliphatic carbocycles. The summed E-state index contributed by atoms with van der Waals surface area (Å²) in [5.74, 6) is 1.51. The van der Waals surface area contributed by atoms with E-state index in [0.29, 0.717) is 17.7 Å². The van der Waals surface area contributed by atoms with Crippen molar-refractivity contribution in [1.29, 1.82) is 0 Å². The van der Waals surface area contributed by atoms with Crippen LogP contribution in [0.15, 0.2) is 22.6 Å². The van der Waals surface area contributed by atoms with E-state index in [9.17, 15) is 4.21 Å². The summed E-state index contributed by atoms with van der Waals surface area (Å²) in [7, 11) is -0.644. The number of benzene rings is 1. The summed E-state index contributed by atoms with van der Waals surface area (Å²) in [6, 6.07) is 6.22. The Morgan fingerprint density at radius 1 is 1.39 bits per heavy atom. The van der Waals surface area contributed by atoms with Crippen molar-refractivity contribution in [3.8, 4) is 0 Å². The highest BCUT2D eigenvalue weighted by molar-refractivity contribution is 7.85. The molecule has 2 aromatic rings. The third-order valence-corrected chi connectivity index (χ3v) is 4.51. The van der Waals surface area contributed by atoms with Crippen LogP contribution in [-0.2, 0) is 10.8 Å². The lowest BCUT2D eigenvalue weighted by molar-refractivity contribution is 0.569. The summed E-state index contributed by atoms with van der Waals surface area (Å²) < 4.78 is 16.9. The molecule has 0 amide bonds. The van der Waals surface area contributed by atoms with Gasteiger partial charge in [-0.25, -0.2) is 0 Å². The van der Waals surface area contributed by atoms with Gasteiger partial charge in [-0.2, -0.15) is 4.98 Å². The molecular formula is C12H15N3O2S. The fourth-order valence-corrected chi connectivity index (χ4v) is 3.42. The first-order valence-corrected chi connectivity index (χ1v) is 7.47. The van der Waals surface area contributed by atoms with Gasteiger partial charge in [-0.1, -0.05) is 0 Å². The van der Waals surface area contributed by atoms with Crippen LogP contribution < -0.4 is 11.1 Å². The minimum Gasteiger partial charge on any atom is -0.424 e. The van der Waals surface area contributed by atoms with Crippen molar-refractivity contribution in [2.45, 2.75) is 18.9 Å². The zero-order valence-corrected chi connectivity index (χ0v) is 10.7. The van der Waals surface area contributed by atoms with Crippen LogP contribution in [0, 0.1) is 0 Å². The number of oxazole rings is 1. The third-order valence-electron chi connectivity index (χ3n) is 3.13. The Balaban J connectivity index is 1.76. The molecule has 0 bridgehead atoms. The van der Waals surface area contributed by atoms with Crippen LogP contribution >= 0.6 is 0 Å². The van der Waals surface area contributed by atoms with Gasteiger partial charge in [0, 0.05) is 34.0 Å². The van der Waals surface area contributed by atoms with E-state index in [-0.39, 0.29) is 0 Å². The maximum absolute atomic E-state index is 11.3. The summed E-state index contributed by atoms with van der Waals surface area (Å²) in [5.41, 5.74) is 7.86. The van der Waals surface area contributed by atoms with Gasteiger partial charge in [0.05, 0.1) is 0 Å². The normalized spacial score (nSPS) is 24.2. The van der Waals surface area contributed by atoms with Crippen LogP contribution in [0.4, 0.5) is 11.7 Å². The van der Waals surface area contributed by atoms with Crippen LogP contribution in [0.3, 0.4) is 0 Å². The van der Waals surface area contributed by atoms with E-state index in [1.54, 1.807) is 12.1 Å². The van der Waals surface area contributed by atoms with Crippen molar-refractivity contribution >= 4 is 33.6 Å². The molecule has 0 unspecified atom stereocenters. The molecule has 2 heterocycles. The average Bonchev–Trinajstić information content (AvgIpc) is 2.73. The van der Waals surface area contributed by atoms with Crippen LogP contribution in [-0.4, -0.2) is 26.7 Å². The third kappa shape index (κ3) is 2.33. The molecular weight excluding hydrogens is 250 g/mol. The van der Waals surface area contributed by atoms with Gasteiger partial charge < -0.3 is 15.5 Å². The number of hydrogen-bond acceptors (Lipinski definition) is 5. The topological polar surface area (TPSA) is 81.1 Å². The van der Waals surface area contributed by atoms with Crippen molar-refractivity contribution in [3.63, 3.8) is 0 Å². The van der Waals surface area contributed by atoms with E-state index >= 15 is 0 Å². The molecule has 3 N–H and O–H groups in total. The van der Waals surface area contributed by atoms with E-state index in [1.165, 1.54) is 0 Å². The zero-order valence-electron chi connectivity index (χ0n) is 9.89. The molecule has 96 valence electrons. The Bertz CT molecular complexity index is 586. The minimum absolute atomic E-state index is 0.299. The summed E-state index contributed by atoms with van der Waals surface area (Å²) >= 11 is 0. The minimum atomic E-state index is -0.644. The second kappa shape index (κ2) is 4.61. The van der Waals surface area contributed by atoms with Crippen LogP contribution in [0.5, 0.6) is 0 Å². The van der Waals surface area contributed by atoms with E-state index in [1.807, 2.05) is 6.07 Å². The molecule has 1 aromatic carbocycles. The molecule has 0 atom stereocenters. The molecule has 6 heteroatoms. The smallest absolute Gasteiger partial charge is 0.295 e. The molecule has 1 aliphatic heterocycles. The van der Waals surface area contributed by atoms with Gasteiger partial charge in [-0.15, -0.1) is 0 Å². The fraction of sp³-hybridized carbons (Fsp3) is 0.417. The number of aromatic nitrogens is 1. The van der Waals surface area contributed by atoms with Gasteiger partial charge in [0.15, 0.2) is 5.58 Å². The maximum Gasteiger partial charge on any atom is 0.295 e.